The number of likely N-dealkylation sites (tertiary alicyclic amines) is 2. The first-order valence-corrected chi connectivity index (χ1v) is 16.7. The molecule has 0 unspecified atom stereocenters. The molecule has 2 heterocycles. The van der Waals surface area contributed by atoms with Crippen LogP contribution in [-0.4, -0.2) is 103 Å². The zero-order valence-corrected chi connectivity index (χ0v) is 27.8. The van der Waals surface area contributed by atoms with Crippen molar-refractivity contribution in [2.45, 2.75) is 38.3 Å². The van der Waals surface area contributed by atoms with E-state index in [4.69, 9.17) is 10.5 Å². The number of piperidine rings is 2. The summed E-state index contributed by atoms with van der Waals surface area (Å²) in [6.45, 7) is 5.18. The highest BCUT2D eigenvalue weighted by atomic mass is 16.6. The minimum absolute atomic E-state index is 0.0230. The van der Waals surface area contributed by atoms with E-state index in [-0.39, 0.29) is 23.8 Å². The number of ether oxygens (including phenoxy) is 1. The first kappa shape index (κ1) is 34.6. The number of nitrogens with zero attached hydrogens (tertiary/aromatic N) is 4. The third-order valence-corrected chi connectivity index (χ3v) is 9.36. The fraction of sp³-hybridized carbons (Fsp3) is 0.405. The lowest BCUT2D eigenvalue weighted by Gasteiger charge is -2.32. The molecule has 0 aromatic heterocycles. The molecule has 5 amide bonds. The van der Waals surface area contributed by atoms with Crippen LogP contribution in [0.4, 0.5) is 15.3 Å². The minimum Gasteiger partial charge on any atom is -0.446 e. The molecule has 3 aromatic carbocycles. The van der Waals surface area contributed by atoms with Gasteiger partial charge in [-0.3, -0.25) is 24.7 Å². The summed E-state index contributed by atoms with van der Waals surface area (Å²) in [6, 6.07) is 24.6. The first-order chi connectivity index (χ1) is 23.2. The van der Waals surface area contributed by atoms with Gasteiger partial charge in [-0.15, -0.1) is 0 Å². The normalized spacial score (nSPS) is 16.2. The summed E-state index contributed by atoms with van der Waals surface area (Å²) >= 11 is 0. The van der Waals surface area contributed by atoms with Gasteiger partial charge in [0.1, 0.15) is 6.10 Å². The Balaban J connectivity index is 1.00. The maximum atomic E-state index is 13.1. The lowest BCUT2D eigenvalue weighted by atomic mass is 9.95. The zero-order valence-electron chi connectivity index (χ0n) is 27.8. The van der Waals surface area contributed by atoms with Crippen LogP contribution in [0.1, 0.15) is 41.6 Å². The summed E-state index contributed by atoms with van der Waals surface area (Å²) in [6.07, 6.45) is 2.25. The van der Waals surface area contributed by atoms with E-state index in [1.807, 2.05) is 85.9 Å². The maximum Gasteiger partial charge on any atom is 0.411 e. The number of rotatable bonds is 10. The van der Waals surface area contributed by atoms with Gasteiger partial charge in [-0.25, -0.2) is 9.59 Å². The molecule has 0 bridgehead atoms. The molecule has 0 spiro atoms. The Kier molecular flexibility index (Phi) is 11.8. The molecule has 3 aromatic rings. The molecule has 0 atom stereocenters. The second-order valence-electron chi connectivity index (χ2n) is 12.7. The number of hydrogen-bond donors (Lipinski definition) is 2. The molecule has 5 rings (SSSR count). The number of anilines is 1. The van der Waals surface area contributed by atoms with E-state index in [0.717, 1.165) is 79.4 Å². The Bertz CT molecular complexity index is 1550. The SMILES string of the molecule is CN(CCN1CCC(OC(=O)Nc2ccccc2-c2ccccc2)CC1)C(=O)c1ccc(CN2CCC(C(=O)N(C)C(N)=O)CC2)cc1. The van der Waals surface area contributed by atoms with Crippen molar-refractivity contribution >= 4 is 29.6 Å². The van der Waals surface area contributed by atoms with E-state index in [9.17, 15) is 19.2 Å². The molecule has 0 radical (unpaired) electrons. The molecule has 11 nitrogen and oxygen atoms in total. The number of hydrogen-bond acceptors (Lipinski definition) is 7. The Morgan fingerprint density at radius 1 is 0.812 bits per heavy atom. The molecule has 3 N–H and O–H groups in total. The summed E-state index contributed by atoms with van der Waals surface area (Å²) < 4.78 is 5.77. The van der Waals surface area contributed by atoms with Crippen molar-refractivity contribution in [3.63, 3.8) is 0 Å². The molecular weight excluding hydrogens is 608 g/mol. The Morgan fingerprint density at radius 2 is 1.44 bits per heavy atom. The number of nitrogens with two attached hydrogens (primary N) is 1. The summed E-state index contributed by atoms with van der Waals surface area (Å²) in [7, 11) is 3.25. The van der Waals surface area contributed by atoms with E-state index in [0.29, 0.717) is 24.9 Å². The van der Waals surface area contributed by atoms with Gasteiger partial charge in [-0.2, -0.15) is 0 Å². The highest BCUT2D eigenvalue weighted by Gasteiger charge is 2.29. The van der Waals surface area contributed by atoms with E-state index in [1.165, 1.54) is 7.05 Å². The van der Waals surface area contributed by atoms with Crippen molar-refractivity contribution < 1.29 is 23.9 Å². The van der Waals surface area contributed by atoms with Gasteiger partial charge in [0.2, 0.25) is 5.91 Å². The predicted octanol–water partition coefficient (Wildman–Crippen LogP) is 4.89. The van der Waals surface area contributed by atoms with Crippen LogP contribution >= 0.6 is 0 Å². The van der Waals surface area contributed by atoms with Crippen molar-refractivity contribution in [2.75, 3.05) is 58.7 Å². The largest absolute Gasteiger partial charge is 0.446 e. The van der Waals surface area contributed by atoms with Crippen LogP contribution in [0, 0.1) is 5.92 Å². The summed E-state index contributed by atoms with van der Waals surface area (Å²) in [5.74, 6) is -0.422. The van der Waals surface area contributed by atoms with Crippen LogP contribution in [0.25, 0.3) is 11.1 Å². The average Bonchev–Trinajstić information content (AvgIpc) is 3.11. The predicted molar refractivity (Wildman–Crippen MR) is 185 cm³/mol. The quantitative estimate of drug-likeness (QED) is 0.319. The lowest BCUT2D eigenvalue weighted by Crippen LogP contribution is -2.44. The van der Waals surface area contributed by atoms with E-state index >= 15 is 0 Å². The minimum atomic E-state index is -0.724. The van der Waals surface area contributed by atoms with Crippen LogP contribution in [0.2, 0.25) is 0 Å². The van der Waals surface area contributed by atoms with Gasteiger partial charge in [-0.1, -0.05) is 60.7 Å². The van der Waals surface area contributed by atoms with Gasteiger partial charge in [0.05, 0.1) is 5.69 Å². The van der Waals surface area contributed by atoms with E-state index in [1.54, 1.807) is 4.90 Å². The van der Waals surface area contributed by atoms with Crippen molar-refractivity contribution in [1.82, 2.24) is 19.6 Å². The van der Waals surface area contributed by atoms with Crippen LogP contribution in [-0.2, 0) is 16.1 Å². The van der Waals surface area contributed by atoms with Gasteiger partial charge >= 0.3 is 12.1 Å². The molecule has 2 aliphatic heterocycles. The number of imide groups is 1. The highest BCUT2D eigenvalue weighted by Crippen LogP contribution is 2.28. The second-order valence-corrected chi connectivity index (χ2v) is 12.7. The standard InChI is InChI=1S/C37H46N6O5/c1-40(34(44)29-14-12-27(13-15-29)26-43-20-16-30(17-21-43)35(45)41(2)36(38)46)24-25-42-22-18-31(19-23-42)48-37(47)39-33-11-7-6-10-32(33)28-8-4-3-5-9-28/h3-15,30-31H,16-26H2,1-2H3,(H2,38,46)(H,39,47). The molecule has 254 valence electrons. The molecule has 11 heteroatoms. The number of para-hydroxylation sites is 1. The van der Waals surface area contributed by atoms with E-state index < -0.39 is 12.1 Å². The molecule has 2 aliphatic rings. The number of amides is 5. The summed E-state index contributed by atoms with van der Waals surface area (Å²) in [4.78, 5) is 56.9. The second kappa shape index (κ2) is 16.4. The van der Waals surface area contributed by atoms with Gasteiger partial charge in [0.15, 0.2) is 0 Å². The number of urea groups is 1. The Labute approximate surface area is 282 Å². The van der Waals surface area contributed by atoms with Gasteiger partial charge < -0.3 is 20.3 Å². The van der Waals surface area contributed by atoms with Crippen molar-refractivity contribution in [2.24, 2.45) is 11.7 Å². The average molecular weight is 655 g/mol. The van der Waals surface area contributed by atoms with Crippen LogP contribution in [0.5, 0.6) is 0 Å². The van der Waals surface area contributed by atoms with Gasteiger partial charge in [0.25, 0.3) is 5.91 Å². The Morgan fingerprint density at radius 3 is 2.10 bits per heavy atom. The van der Waals surface area contributed by atoms with Gasteiger partial charge in [0, 0.05) is 63.9 Å². The first-order valence-electron chi connectivity index (χ1n) is 16.7. The van der Waals surface area contributed by atoms with Crippen molar-refractivity contribution in [3.8, 4) is 11.1 Å². The number of likely N-dealkylation sites (N-methyl/N-ethyl adjacent to an activating group) is 1. The topological polar surface area (TPSA) is 129 Å². The number of carbonyl (C=O) groups is 4. The van der Waals surface area contributed by atoms with Crippen LogP contribution < -0.4 is 11.1 Å². The number of primary amides is 1. The third-order valence-electron chi connectivity index (χ3n) is 9.36. The van der Waals surface area contributed by atoms with Crippen molar-refractivity contribution in [1.29, 1.82) is 0 Å². The zero-order chi connectivity index (χ0) is 34.0. The van der Waals surface area contributed by atoms with Crippen molar-refractivity contribution in [3.05, 3.63) is 90.0 Å². The van der Waals surface area contributed by atoms with Gasteiger partial charge in [-0.05, 0) is 68.1 Å². The monoisotopic (exact) mass is 654 g/mol. The summed E-state index contributed by atoms with van der Waals surface area (Å²) in [5, 5.41) is 2.92. The maximum absolute atomic E-state index is 13.1. The Hall–Kier alpha value is -4.74. The molecular formula is C37H46N6O5. The lowest BCUT2D eigenvalue weighted by molar-refractivity contribution is -0.132. The molecule has 2 saturated heterocycles. The van der Waals surface area contributed by atoms with Crippen LogP contribution in [0.3, 0.4) is 0 Å². The molecule has 48 heavy (non-hydrogen) atoms. The molecule has 0 saturated carbocycles. The molecule has 0 aliphatic carbocycles. The van der Waals surface area contributed by atoms with E-state index in [2.05, 4.69) is 15.1 Å². The smallest absolute Gasteiger partial charge is 0.411 e. The van der Waals surface area contributed by atoms with Crippen LogP contribution in [0.15, 0.2) is 78.9 Å². The summed E-state index contributed by atoms with van der Waals surface area (Å²) in [5.41, 5.74) is 9.68. The fourth-order valence-corrected chi connectivity index (χ4v) is 6.35. The highest BCUT2D eigenvalue weighted by molar-refractivity contribution is 5.95. The number of benzene rings is 3. The third kappa shape index (κ3) is 9.20. The number of carbonyl (C=O) groups excluding carboxylic acids is 4. The molecule has 2 fully saturated rings. The fourth-order valence-electron chi connectivity index (χ4n) is 6.35. The number of nitrogens with one attached hydrogen (secondary N) is 1.